The number of carboxylic acids is 1. The van der Waals surface area contributed by atoms with E-state index in [0.717, 1.165) is 0 Å². The van der Waals surface area contributed by atoms with Crippen LogP contribution in [0.3, 0.4) is 0 Å². The predicted molar refractivity (Wildman–Crippen MR) is 60.5 cm³/mol. The fourth-order valence-corrected chi connectivity index (χ4v) is 1.93. The summed E-state index contributed by atoms with van der Waals surface area (Å²) in [6.07, 6.45) is 0. The van der Waals surface area contributed by atoms with Gasteiger partial charge in [-0.25, -0.2) is 18.2 Å². The quantitative estimate of drug-likeness (QED) is 0.755. The smallest absolute Gasteiger partial charge is 0.354 e. The van der Waals surface area contributed by atoms with Gasteiger partial charge in [0.05, 0.1) is 12.4 Å². The number of carboxylic acid groups (broad SMARTS) is 1. The average Bonchev–Trinajstić information content (AvgIpc) is 2.26. The summed E-state index contributed by atoms with van der Waals surface area (Å²) in [4.78, 5) is 14.3. The van der Waals surface area contributed by atoms with E-state index in [2.05, 4.69) is 14.4 Å². The Bertz CT molecular complexity index is 500. The number of carbonyl (C=O) groups is 1. The number of methoxy groups -OCH3 is 1. The second-order valence-corrected chi connectivity index (χ2v) is 4.97. The monoisotopic (exact) mass is 260 g/mol. The molecule has 0 aliphatic heterocycles. The molecule has 0 aromatic carbocycles. The number of rotatable bonds is 6. The summed E-state index contributed by atoms with van der Waals surface area (Å²) in [6.45, 7) is 0.0496. The third kappa shape index (κ3) is 4.37. The van der Waals surface area contributed by atoms with Crippen molar-refractivity contribution in [2.75, 3.05) is 24.2 Å². The number of anilines is 1. The minimum Gasteiger partial charge on any atom is -0.477 e. The Morgan fingerprint density at radius 2 is 2.24 bits per heavy atom. The number of hydrogen-bond acceptors (Lipinski definition) is 5. The van der Waals surface area contributed by atoms with Gasteiger partial charge in [-0.15, -0.1) is 0 Å². The fourth-order valence-electron chi connectivity index (χ4n) is 1.01. The zero-order valence-corrected chi connectivity index (χ0v) is 9.90. The lowest BCUT2D eigenvalue weighted by atomic mass is 10.3. The SMILES string of the molecule is COCCS(=O)(=O)Nc1cccc(C(=O)O)n1. The highest BCUT2D eigenvalue weighted by Gasteiger charge is 2.12. The van der Waals surface area contributed by atoms with Gasteiger partial charge in [0.2, 0.25) is 10.0 Å². The molecule has 0 bridgehead atoms. The zero-order chi connectivity index (χ0) is 12.9. The highest BCUT2D eigenvalue weighted by Crippen LogP contribution is 2.07. The molecule has 0 spiro atoms. The Morgan fingerprint density at radius 3 is 2.82 bits per heavy atom. The van der Waals surface area contributed by atoms with Crippen molar-refractivity contribution in [2.24, 2.45) is 0 Å². The molecule has 2 N–H and O–H groups in total. The van der Waals surface area contributed by atoms with Gasteiger partial charge in [0.25, 0.3) is 0 Å². The average molecular weight is 260 g/mol. The number of sulfonamides is 1. The minimum absolute atomic E-state index is 0.0268. The Morgan fingerprint density at radius 1 is 1.53 bits per heavy atom. The van der Waals surface area contributed by atoms with Crippen molar-refractivity contribution in [3.8, 4) is 0 Å². The molecule has 0 amide bonds. The molecule has 0 saturated carbocycles. The van der Waals surface area contributed by atoms with E-state index in [1.807, 2.05) is 0 Å². The zero-order valence-electron chi connectivity index (χ0n) is 9.08. The predicted octanol–water partition coefficient (Wildman–Crippen LogP) is 0.168. The third-order valence-corrected chi connectivity index (χ3v) is 3.01. The highest BCUT2D eigenvalue weighted by molar-refractivity contribution is 7.92. The largest absolute Gasteiger partial charge is 0.477 e. The highest BCUT2D eigenvalue weighted by atomic mass is 32.2. The van der Waals surface area contributed by atoms with Crippen LogP contribution in [0, 0.1) is 0 Å². The van der Waals surface area contributed by atoms with E-state index >= 15 is 0 Å². The van der Waals surface area contributed by atoms with Gasteiger partial charge in [0.15, 0.2) is 5.69 Å². The number of aromatic nitrogens is 1. The Kier molecular flexibility index (Phi) is 4.41. The maximum absolute atomic E-state index is 11.5. The van der Waals surface area contributed by atoms with E-state index in [4.69, 9.17) is 5.11 Å². The number of ether oxygens (including phenoxy) is 1. The first-order chi connectivity index (χ1) is 7.94. The van der Waals surface area contributed by atoms with Crippen LogP contribution in [0.4, 0.5) is 5.82 Å². The number of pyridine rings is 1. The first-order valence-corrected chi connectivity index (χ1v) is 6.29. The molecule has 0 aliphatic carbocycles. The van der Waals surface area contributed by atoms with Crippen LogP contribution in [0.15, 0.2) is 18.2 Å². The van der Waals surface area contributed by atoms with Gasteiger partial charge in [0.1, 0.15) is 5.82 Å². The lowest BCUT2D eigenvalue weighted by molar-refractivity contribution is 0.0690. The number of hydrogen-bond donors (Lipinski definition) is 2. The number of nitrogens with zero attached hydrogens (tertiary/aromatic N) is 1. The summed E-state index contributed by atoms with van der Waals surface area (Å²) < 4.78 is 29.7. The van der Waals surface area contributed by atoms with Crippen molar-refractivity contribution in [1.29, 1.82) is 0 Å². The molecule has 8 heteroatoms. The lowest BCUT2D eigenvalue weighted by Gasteiger charge is -2.06. The van der Waals surface area contributed by atoms with Gasteiger partial charge in [0, 0.05) is 7.11 Å². The standard InChI is InChI=1S/C9H12N2O5S/c1-16-5-6-17(14,15)11-8-4-2-3-7(10-8)9(12)13/h2-4H,5-6H2,1H3,(H,10,11)(H,12,13). The molecular formula is C9H12N2O5S. The summed E-state index contributed by atoms with van der Waals surface area (Å²) in [6, 6.07) is 4.05. The second kappa shape index (κ2) is 5.60. The Balaban J connectivity index is 2.81. The van der Waals surface area contributed by atoms with Gasteiger partial charge < -0.3 is 9.84 Å². The molecule has 0 aliphatic rings. The first kappa shape index (κ1) is 13.4. The van der Waals surface area contributed by atoms with E-state index < -0.39 is 16.0 Å². The molecule has 1 aromatic rings. The van der Waals surface area contributed by atoms with Crippen LogP contribution in [0.2, 0.25) is 0 Å². The van der Waals surface area contributed by atoms with Crippen LogP contribution in [0.25, 0.3) is 0 Å². The molecule has 94 valence electrons. The molecule has 1 rings (SSSR count). The molecule has 0 fully saturated rings. The van der Waals surface area contributed by atoms with Gasteiger partial charge in [-0.1, -0.05) is 6.07 Å². The normalized spacial score (nSPS) is 11.1. The maximum Gasteiger partial charge on any atom is 0.354 e. The van der Waals surface area contributed by atoms with Crippen LogP contribution in [-0.4, -0.2) is 43.9 Å². The number of aromatic carboxylic acids is 1. The third-order valence-electron chi connectivity index (χ3n) is 1.78. The molecule has 1 aromatic heterocycles. The topological polar surface area (TPSA) is 106 Å². The van der Waals surface area contributed by atoms with Crippen molar-refractivity contribution in [2.45, 2.75) is 0 Å². The molecule has 1 heterocycles. The summed E-state index contributed by atoms with van der Waals surface area (Å²) >= 11 is 0. The summed E-state index contributed by atoms with van der Waals surface area (Å²) in [5.41, 5.74) is -0.225. The molecule has 0 saturated heterocycles. The van der Waals surface area contributed by atoms with Gasteiger partial charge >= 0.3 is 5.97 Å². The summed E-state index contributed by atoms with van der Waals surface area (Å²) in [7, 11) is -2.18. The Hall–Kier alpha value is -1.67. The lowest BCUT2D eigenvalue weighted by Crippen LogP contribution is -2.20. The Labute approximate surface area is 98.5 Å². The van der Waals surface area contributed by atoms with Crippen LogP contribution >= 0.6 is 0 Å². The van der Waals surface area contributed by atoms with Crippen molar-refractivity contribution in [3.05, 3.63) is 23.9 Å². The minimum atomic E-state index is -3.57. The van der Waals surface area contributed by atoms with Crippen molar-refractivity contribution < 1.29 is 23.1 Å². The van der Waals surface area contributed by atoms with Crippen LogP contribution in [0.1, 0.15) is 10.5 Å². The van der Waals surface area contributed by atoms with E-state index in [1.165, 1.54) is 25.3 Å². The van der Waals surface area contributed by atoms with Crippen LogP contribution < -0.4 is 4.72 Å². The summed E-state index contributed by atoms with van der Waals surface area (Å²) in [5.74, 6) is -1.47. The van der Waals surface area contributed by atoms with Crippen LogP contribution in [0.5, 0.6) is 0 Å². The molecule has 0 unspecified atom stereocenters. The fraction of sp³-hybridized carbons (Fsp3) is 0.333. The second-order valence-electron chi connectivity index (χ2n) is 3.13. The van der Waals surface area contributed by atoms with Crippen molar-refractivity contribution in [3.63, 3.8) is 0 Å². The van der Waals surface area contributed by atoms with Gasteiger partial charge in [-0.2, -0.15) is 0 Å². The molecular weight excluding hydrogens is 248 g/mol. The molecule has 0 radical (unpaired) electrons. The van der Waals surface area contributed by atoms with Crippen molar-refractivity contribution >= 4 is 21.8 Å². The molecule has 0 atom stereocenters. The van der Waals surface area contributed by atoms with Gasteiger partial charge in [-0.3, -0.25) is 4.72 Å². The van der Waals surface area contributed by atoms with Crippen molar-refractivity contribution in [1.82, 2.24) is 4.98 Å². The van der Waals surface area contributed by atoms with Crippen LogP contribution in [-0.2, 0) is 14.8 Å². The van der Waals surface area contributed by atoms with E-state index in [0.29, 0.717) is 0 Å². The molecule has 17 heavy (non-hydrogen) atoms. The number of nitrogens with one attached hydrogen (secondary N) is 1. The van der Waals surface area contributed by atoms with E-state index in [-0.39, 0.29) is 23.9 Å². The van der Waals surface area contributed by atoms with E-state index in [9.17, 15) is 13.2 Å². The maximum atomic E-state index is 11.5. The van der Waals surface area contributed by atoms with Gasteiger partial charge in [-0.05, 0) is 12.1 Å². The first-order valence-electron chi connectivity index (χ1n) is 4.64. The van der Waals surface area contributed by atoms with E-state index in [1.54, 1.807) is 0 Å². The summed E-state index contributed by atoms with van der Waals surface area (Å²) in [5, 5.41) is 8.69. The molecule has 7 nitrogen and oxygen atoms in total.